The molecule has 4 heteroatoms. The van der Waals surface area contributed by atoms with Gasteiger partial charge in [0.15, 0.2) is 0 Å². The maximum atomic E-state index is 13.6. The van der Waals surface area contributed by atoms with Crippen molar-refractivity contribution in [2.24, 2.45) is 0 Å². The highest BCUT2D eigenvalue weighted by Gasteiger charge is 2.20. The summed E-state index contributed by atoms with van der Waals surface area (Å²) in [6.07, 6.45) is 2.78. The van der Waals surface area contributed by atoms with Crippen molar-refractivity contribution >= 4 is 11.6 Å². The van der Waals surface area contributed by atoms with Crippen LogP contribution in [0.3, 0.4) is 0 Å². The summed E-state index contributed by atoms with van der Waals surface area (Å²) in [7, 11) is 0. The van der Waals surface area contributed by atoms with E-state index < -0.39 is 0 Å². The lowest BCUT2D eigenvalue weighted by Gasteiger charge is -2.08. The highest BCUT2D eigenvalue weighted by atomic mass is 19.1. The molecule has 0 atom stereocenters. The summed E-state index contributed by atoms with van der Waals surface area (Å²) < 4.78 is 13.6. The molecule has 92 valence electrons. The number of aryl methyl sites for hydroxylation is 1. The lowest BCUT2D eigenvalue weighted by Crippen LogP contribution is -2.23. The molecule has 0 aromatic heterocycles. The van der Waals surface area contributed by atoms with Gasteiger partial charge in [-0.25, -0.2) is 4.39 Å². The Morgan fingerprint density at radius 1 is 1.47 bits per heavy atom. The van der Waals surface area contributed by atoms with Crippen LogP contribution in [0.15, 0.2) is 18.2 Å². The monoisotopic (exact) mass is 236 g/mol. The Bertz CT molecular complexity index is 416. The zero-order chi connectivity index (χ0) is 12.3. The van der Waals surface area contributed by atoms with E-state index in [9.17, 15) is 9.18 Å². The summed E-state index contributed by atoms with van der Waals surface area (Å²) >= 11 is 0. The Hall–Kier alpha value is -1.42. The molecule has 0 unspecified atom stereocenters. The van der Waals surface area contributed by atoms with Crippen LogP contribution in [0.2, 0.25) is 0 Å². The van der Waals surface area contributed by atoms with Crippen molar-refractivity contribution in [3.05, 3.63) is 29.6 Å². The first-order chi connectivity index (χ1) is 8.16. The average molecular weight is 236 g/mol. The molecule has 1 aromatic rings. The highest BCUT2D eigenvalue weighted by molar-refractivity contribution is 5.91. The summed E-state index contributed by atoms with van der Waals surface area (Å²) in [6.45, 7) is 2.34. The Morgan fingerprint density at radius 2 is 2.24 bits per heavy atom. The van der Waals surface area contributed by atoms with Gasteiger partial charge >= 0.3 is 0 Å². The molecule has 0 heterocycles. The topological polar surface area (TPSA) is 41.1 Å². The Kier molecular flexibility index (Phi) is 3.74. The van der Waals surface area contributed by atoms with Crippen LogP contribution in [-0.2, 0) is 4.79 Å². The third-order valence-electron chi connectivity index (χ3n) is 2.83. The van der Waals surface area contributed by atoms with Crippen molar-refractivity contribution in [3.8, 4) is 0 Å². The van der Waals surface area contributed by atoms with Crippen molar-refractivity contribution in [3.63, 3.8) is 0 Å². The van der Waals surface area contributed by atoms with Crippen LogP contribution in [0.5, 0.6) is 0 Å². The van der Waals surface area contributed by atoms with Crippen LogP contribution in [0.1, 0.15) is 24.8 Å². The molecule has 0 aliphatic heterocycles. The highest BCUT2D eigenvalue weighted by Crippen LogP contribution is 2.19. The zero-order valence-corrected chi connectivity index (χ0v) is 9.92. The molecule has 0 radical (unpaired) electrons. The van der Waals surface area contributed by atoms with Gasteiger partial charge in [-0.1, -0.05) is 12.1 Å². The molecule has 1 amide bonds. The normalized spacial score (nSPS) is 14.7. The quantitative estimate of drug-likeness (QED) is 0.823. The Balaban J connectivity index is 1.82. The van der Waals surface area contributed by atoms with E-state index >= 15 is 0 Å². The molecule has 1 aliphatic carbocycles. The molecule has 3 nitrogen and oxygen atoms in total. The van der Waals surface area contributed by atoms with E-state index in [2.05, 4.69) is 10.6 Å². The number of carbonyl (C=O) groups is 1. The number of anilines is 1. The van der Waals surface area contributed by atoms with E-state index in [1.165, 1.54) is 12.8 Å². The van der Waals surface area contributed by atoms with Crippen LogP contribution >= 0.6 is 0 Å². The Labute approximate surface area is 100 Å². The second-order valence-corrected chi connectivity index (χ2v) is 4.46. The third-order valence-corrected chi connectivity index (χ3v) is 2.83. The lowest BCUT2D eigenvalue weighted by molar-refractivity contribution is -0.116. The van der Waals surface area contributed by atoms with E-state index in [1.807, 2.05) is 0 Å². The third kappa shape index (κ3) is 3.53. The predicted molar refractivity (Wildman–Crippen MR) is 65.4 cm³/mol. The maximum absolute atomic E-state index is 13.6. The van der Waals surface area contributed by atoms with Gasteiger partial charge in [0.2, 0.25) is 5.91 Å². The van der Waals surface area contributed by atoms with Gasteiger partial charge in [-0.05, 0) is 31.4 Å². The van der Waals surface area contributed by atoms with Crippen molar-refractivity contribution in [1.29, 1.82) is 0 Å². The molecule has 1 fully saturated rings. The lowest BCUT2D eigenvalue weighted by atomic mass is 10.2. The molecule has 1 saturated carbocycles. The molecule has 17 heavy (non-hydrogen) atoms. The maximum Gasteiger partial charge on any atom is 0.225 e. The summed E-state index contributed by atoms with van der Waals surface area (Å²) in [4.78, 5) is 11.6. The van der Waals surface area contributed by atoms with Gasteiger partial charge in [-0.15, -0.1) is 0 Å². The van der Waals surface area contributed by atoms with Gasteiger partial charge in [-0.3, -0.25) is 4.79 Å². The van der Waals surface area contributed by atoms with E-state index in [0.717, 1.165) is 0 Å². The molecule has 0 saturated heterocycles. The van der Waals surface area contributed by atoms with Crippen molar-refractivity contribution in [2.45, 2.75) is 32.2 Å². The first kappa shape index (κ1) is 12.0. The van der Waals surface area contributed by atoms with Crippen molar-refractivity contribution in [2.75, 3.05) is 11.9 Å². The number of hydrogen-bond donors (Lipinski definition) is 2. The van der Waals surface area contributed by atoms with Gasteiger partial charge in [-0.2, -0.15) is 0 Å². The van der Waals surface area contributed by atoms with Crippen LogP contribution in [0, 0.1) is 12.7 Å². The smallest absolute Gasteiger partial charge is 0.225 e. The number of amides is 1. The second kappa shape index (κ2) is 5.27. The summed E-state index contributed by atoms with van der Waals surface area (Å²) in [5.41, 5.74) is 0.806. The fourth-order valence-corrected chi connectivity index (χ4v) is 1.63. The number of halogens is 1. The van der Waals surface area contributed by atoms with Gasteiger partial charge in [0, 0.05) is 19.0 Å². The zero-order valence-electron chi connectivity index (χ0n) is 9.92. The minimum atomic E-state index is -0.351. The summed E-state index contributed by atoms with van der Waals surface area (Å²) in [5.74, 6) is -0.501. The molecule has 0 bridgehead atoms. The van der Waals surface area contributed by atoms with Gasteiger partial charge in [0.05, 0.1) is 5.69 Å². The first-order valence-corrected chi connectivity index (χ1v) is 5.95. The number of nitrogens with one attached hydrogen (secondary N) is 2. The molecule has 2 rings (SSSR count). The number of hydrogen-bond acceptors (Lipinski definition) is 2. The largest absolute Gasteiger partial charge is 0.324 e. The van der Waals surface area contributed by atoms with Crippen molar-refractivity contribution < 1.29 is 9.18 Å². The van der Waals surface area contributed by atoms with Crippen LogP contribution < -0.4 is 10.6 Å². The fraction of sp³-hybridized carbons (Fsp3) is 0.462. The molecular weight excluding hydrogens is 219 g/mol. The molecule has 0 spiro atoms. The van der Waals surface area contributed by atoms with Gasteiger partial charge in [0.25, 0.3) is 0 Å². The summed E-state index contributed by atoms with van der Waals surface area (Å²) in [6, 6.07) is 5.59. The van der Waals surface area contributed by atoms with Gasteiger partial charge in [0.1, 0.15) is 5.82 Å². The van der Waals surface area contributed by atoms with E-state index in [4.69, 9.17) is 0 Å². The Morgan fingerprint density at radius 3 is 2.94 bits per heavy atom. The molecule has 1 aromatic carbocycles. The van der Waals surface area contributed by atoms with Gasteiger partial charge < -0.3 is 10.6 Å². The molecular formula is C13H17FN2O. The predicted octanol–water partition coefficient (Wildman–Crippen LogP) is 2.21. The standard InChI is InChI=1S/C13H17FN2O/c1-9-3-2-4-11(13(9)14)16-12(17)7-8-15-10-5-6-10/h2-4,10,15H,5-8H2,1H3,(H,16,17). The van der Waals surface area contributed by atoms with Crippen LogP contribution in [-0.4, -0.2) is 18.5 Å². The number of carbonyl (C=O) groups excluding carboxylic acids is 1. The molecule has 1 aliphatic rings. The minimum Gasteiger partial charge on any atom is -0.324 e. The molecule has 2 N–H and O–H groups in total. The van der Waals surface area contributed by atoms with Crippen molar-refractivity contribution in [1.82, 2.24) is 5.32 Å². The minimum absolute atomic E-state index is 0.150. The summed E-state index contributed by atoms with van der Waals surface area (Å²) in [5, 5.41) is 5.84. The van der Waals surface area contributed by atoms with Crippen LogP contribution in [0.25, 0.3) is 0 Å². The van der Waals surface area contributed by atoms with Crippen LogP contribution in [0.4, 0.5) is 10.1 Å². The number of benzene rings is 1. The average Bonchev–Trinajstić information content (AvgIpc) is 3.09. The SMILES string of the molecule is Cc1cccc(NC(=O)CCNC2CC2)c1F. The first-order valence-electron chi connectivity index (χ1n) is 5.95. The second-order valence-electron chi connectivity index (χ2n) is 4.46. The number of rotatable bonds is 5. The fourth-order valence-electron chi connectivity index (χ4n) is 1.63. The van der Waals surface area contributed by atoms with E-state index in [0.29, 0.717) is 24.6 Å². The van der Waals surface area contributed by atoms with E-state index in [-0.39, 0.29) is 17.4 Å². The van der Waals surface area contributed by atoms with E-state index in [1.54, 1.807) is 25.1 Å².